The average molecular weight is 248 g/mol. The van der Waals surface area contributed by atoms with Gasteiger partial charge in [-0.1, -0.05) is 26.8 Å². The lowest BCUT2D eigenvalue weighted by Crippen LogP contribution is -2.15. The van der Waals surface area contributed by atoms with Gasteiger partial charge in [0.15, 0.2) is 0 Å². The molecule has 0 aliphatic carbocycles. The van der Waals surface area contributed by atoms with Crippen LogP contribution in [-0.4, -0.2) is 11.8 Å². The van der Waals surface area contributed by atoms with Crippen LogP contribution in [0.2, 0.25) is 0 Å². The highest BCUT2D eigenvalue weighted by atomic mass is 16.2. The van der Waals surface area contributed by atoms with Gasteiger partial charge in [0.2, 0.25) is 11.8 Å². The fourth-order valence-electron chi connectivity index (χ4n) is 1.60. The lowest BCUT2D eigenvalue weighted by molar-refractivity contribution is -0.115. The Balaban J connectivity index is 3.20. The molecule has 0 aliphatic heterocycles. The number of anilines is 2. The van der Waals surface area contributed by atoms with E-state index in [1.165, 1.54) is 13.8 Å². The molecule has 1 aromatic carbocycles. The minimum atomic E-state index is -0.162. The summed E-state index contributed by atoms with van der Waals surface area (Å²) >= 11 is 0. The summed E-state index contributed by atoms with van der Waals surface area (Å²) in [6.07, 6.45) is 0. The molecule has 1 aromatic rings. The van der Waals surface area contributed by atoms with Crippen LogP contribution in [0.15, 0.2) is 18.2 Å². The van der Waals surface area contributed by atoms with E-state index < -0.39 is 0 Å². The lowest BCUT2D eigenvalue weighted by Gasteiger charge is -2.21. The highest BCUT2D eigenvalue weighted by Gasteiger charge is 2.16. The molecule has 4 nitrogen and oxygen atoms in total. The molecule has 0 spiro atoms. The van der Waals surface area contributed by atoms with Gasteiger partial charge < -0.3 is 10.6 Å². The van der Waals surface area contributed by atoms with Crippen molar-refractivity contribution in [2.24, 2.45) is 0 Å². The summed E-state index contributed by atoms with van der Waals surface area (Å²) in [6.45, 7) is 9.17. The molecule has 18 heavy (non-hydrogen) atoms. The number of hydrogen-bond acceptors (Lipinski definition) is 2. The number of hydrogen-bond donors (Lipinski definition) is 2. The van der Waals surface area contributed by atoms with E-state index in [0.717, 1.165) is 5.56 Å². The normalized spacial score (nSPS) is 10.9. The van der Waals surface area contributed by atoms with Gasteiger partial charge in [0.05, 0.1) is 11.4 Å². The van der Waals surface area contributed by atoms with Crippen molar-refractivity contribution in [2.45, 2.75) is 40.0 Å². The number of nitrogens with one attached hydrogen (secondary N) is 2. The van der Waals surface area contributed by atoms with Crippen LogP contribution in [0, 0.1) is 0 Å². The van der Waals surface area contributed by atoms with Crippen molar-refractivity contribution >= 4 is 23.2 Å². The first kappa shape index (κ1) is 14.2. The molecule has 0 aromatic heterocycles. The zero-order valence-electron chi connectivity index (χ0n) is 11.5. The van der Waals surface area contributed by atoms with Gasteiger partial charge in [-0.2, -0.15) is 0 Å². The monoisotopic (exact) mass is 248 g/mol. The molecule has 4 heteroatoms. The Morgan fingerprint density at radius 3 is 1.89 bits per heavy atom. The maximum Gasteiger partial charge on any atom is 0.221 e. The molecule has 0 saturated carbocycles. The molecule has 2 N–H and O–H groups in total. The van der Waals surface area contributed by atoms with Crippen LogP contribution in [0.3, 0.4) is 0 Å². The SMILES string of the molecule is CC(=O)Nc1ccc(C(C)(C)C)cc1NC(C)=O. The smallest absolute Gasteiger partial charge is 0.221 e. The fraction of sp³-hybridized carbons (Fsp3) is 0.429. The Morgan fingerprint density at radius 2 is 1.44 bits per heavy atom. The molecule has 0 aliphatic rings. The summed E-state index contributed by atoms with van der Waals surface area (Å²) in [5.41, 5.74) is 2.33. The summed E-state index contributed by atoms with van der Waals surface area (Å²) < 4.78 is 0. The summed E-state index contributed by atoms with van der Waals surface area (Å²) in [4.78, 5) is 22.3. The van der Waals surface area contributed by atoms with Crippen LogP contribution in [0.4, 0.5) is 11.4 Å². The van der Waals surface area contributed by atoms with Gasteiger partial charge in [0, 0.05) is 13.8 Å². The third kappa shape index (κ3) is 3.87. The Kier molecular flexibility index (Phi) is 4.11. The molecule has 0 atom stereocenters. The molecule has 98 valence electrons. The number of carbonyl (C=O) groups excluding carboxylic acids is 2. The topological polar surface area (TPSA) is 58.2 Å². The van der Waals surface area contributed by atoms with E-state index >= 15 is 0 Å². The zero-order valence-corrected chi connectivity index (χ0v) is 11.5. The van der Waals surface area contributed by atoms with Crippen molar-refractivity contribution in [1.29, 1.82) is 0 Å². The maximum atomic E-state index is 11.2. The molecule has 0 fully saturated rings. The second kappa shape index (κ2) is 5.21. The van der Waals surface area contributed by atoms with Crippen molar-refractivity contribution in [3.05, 3.63) is 23.8 Å². The Morgan fingerprint density at radius 1 is 0.944 bits per heavy atom. The van der Waals surface area contributed by atoms with Crippen molar-refractivity contribution in [3.63, 3.8) is 0 Å². The first-order valence-electron chi connectivity index (χ1n) is 5.90. The van der Waals surface area contributed by atoms with Gasteiger partial charge in [-0.05, 0) is 23.1 Å². The van der Waals surface area contributed by atoms with Crippen molar-refractivity contribution in [3.8, 4) is 0 Å². The molecule has 0 saturated heterocycles. The number of rotatable bonds is 2. The second-order valence-corrected chi connectivity index (χ2v) is 5.37. The van der Waals surface area contributed by atoms with Crippen LogP contribution in [0.1, 0.15) is 40.2 Å². The van der Waals surface area contributed by atoms with E-state index in [-0.39, 0.29) is 17.2 Å². The molecule has 0 unspecified atom stereocenters. The standard InChI is InChI=1S/C14H20N2O2/c1-9(17)15-12-7-6-11(14(3,4)5)8-13(12)16-10(2)18/h6-8H,1-5H3,(H,15,17)(H,16,18). The summed E-state index contributed by atoms with van der Waals surface area (Å²) in [5.74, 6) is -0.322. The molecular formula is C14H20N2O2. The minimum Gasteiger partial charge on any atom is -0.325 e. The highest BCUT2D eigenvalue weighted by molar-refractivity contribution is 5.98. The largest absolute Gasteiger partial charge is 0.325 e. The van der Waals surface area contributed by atoms with E-state index in [2.05, 4.69) is 31.4 Å². The summed E-state index contributed by atoms with van der Waals surface area (Å²) in [7, 11) is 0. The van der Waals surface area contributed by atoms with Crippen molar-refractivity contribution in [2.75, 3.05) is 10.6 Å². The van der Waals surface area contributed by atoms with E-state index in [4.69, 9.17) is 0 Å². The fourth-order valence-corrected chi connectivity index (χ4v) is 1.60. The van der Waals surface area contributed by atoms with E-state index in [0.29, 0.717) is 11.4 Å². The Labute approximate surface area is 108 Å². The second-order valence-electron chi connectivity index (χ2n) is 5.37. The van der Waals surface area contributed by atoms with Crippen LogP contribution >= 0.6 is 0 Å². The molecule has 0 heterocycles. The third-order valence-electron chi connectivity index (χ3n) is 2.51. The van der Waals surface area contributed by atoms with Crippen molar-refractivity contribution in [1.82, 2.24) is 0 Å². The molecular weight excluding hydrogens is 228 g/mol. The first-order valence-corrected chi connectivity index (χ1v) is 5.90. The van der Waals surface area contributed by atoms with Crippen LogP contribution in [0.5, 0.6) is 0 Å². The molecule has 2 amide bonds. The van der Waals surface area contributed by atoms with E-state index in [1.807, 2.05) is 18.2 Å². The highest BCUT2D eigenvalue weighted by Crippen LogP contribution is 2.30. The quantitative estimate of drug-likeness (QED) is 0.845. The van der Waals surface area contributed by atoms with Gasteiger partial charge in [0.1, 0.15) is 0 Å². The molecule has 0 bridgehead atoms. The van der Waals surface area contributed by atoms with Crippen molar-refractivity contribution < 1.29 is 9.59 Å². The first-order chi connectivity index (χ1) is 8.20. The van der Waals surface area contributed by atoms with Crippen LogP contribution in [0.25, 0.3) is 0 Å². The van der Waals surface area contributed by atoms with Gasteiger partial charge in [-0.3, -0.25) is 9.59 Å². The van der Waals surface area contributed by atoms with Gasteiger partial charge in [-0.25, -0.2) is 0 Å². The predicted octanol–water partition coefficient (Wildman–Crippen LogP) is 2.90. The number of carbonyl (C=O) groups is 2. The average Bonchev–Trinajstić information content (AvgIpc) is 2.17. The zero-order chi connectivity index (χ0) is 13.9. The predicted molar refractivity (Wildman–Crippen MR) is 73.7 cm³/mol. The third-order valence-corrected chi connectivity index (χ3v) is 2.51. The van der Waals surface area contributed by atoms with E-state index in [9.17, 15) is 9.59 Å². The minimum absolute atomic E-state index is 0.0119. The molecule has 1 rings (SSSR count). The van der Waals surface area contributed by atoms with Crippen LogP contribution < -0.4 is 10.6 Å². The summed E-state index contributed by atoms with van der Waals surface area (Å²) in [5, 5.41) is 5.44. The Bertz CT molecular complexity index is 473. The molecule has 0 radical (unpaired) electrons. The number of benzene rings is 1. The van der Waals surface area contributed by atoms with E-state index in [1.54, 1.807) is 0 Å². The van der Waals surface area contributed by atoms with Crippen LogP contribution in [-0.2, 0) is 15.0 Å². The maximum absolute atomic E-state index is 11.2. The van der Waals surface area contributed by atoms with Gasteiger partial charge >= 0.3 is 0 Å². The number of amides is 2. The van der Waals surface area contributed by atoms with Gasteiger partial charge in [-0.15, -0.1) is 0 Å². The summed E-state index contributed by atoms with van der Waals surface area (Å²) in [6, 6.07) is 5.66. The lowest BCUT2D eigenvalue weighted by atomic mass is 9.86. The van der Waals surface area contributed by atoms with Gasteiger partial charge in [0.25, 0.3) is 0 Å². The Hall–Kier alpha value is -1.84.